The van der Waals surface area contributed by atoms with Crippen molar-refractivity contribution in [3.63, 3.8) is 0 Å². The van der Waals surface area contributed by atoms with Gasteiger partial charge in [0.15, 0.2) is 0 Å². The quantitative estimate of drug-likeness (QED) is 0.113. The summed E-state index contributed by atoms with van der Waals surface area (Å²) >= 11 is 3.40. The molecule has 2 aromatic carbocycles. The highest BCUT2D eigenvalue weighted by Crippen LogP contribution is 2.37. The van der Waals surface area contributed by atoms with Gasteiger partial charge in [-0.15, -0.1) is 5.54 Å². The summed E-state index contributed by atoms with van der Waals surface area (Å²) in [5.74, 6) is 7.12. The largest absolute Gasteiger partial charge is 0.496 e. The Hall–Kier alpha value is -5.50. The lowest BCUT2D eigenvalue weighted by Crippen LogP contribution is -2.16. The molecule has 6 rings (SSSR count). The fourth-order valence-electron chi connectivity index (χ4n) is 4.47. The molecule has 0 unspecified atom stereocenters. The number of benzene rings is 2. The van der Waals surface area contributed by atoms with Crippen LogP contribution in [0.25, 0.3) is 22.3 Å². The number of ether oxygens (including phenoxy) is 4. The molecule has 8 nitrogen and oxygen atoms in total. The number of hydrogen-bond donors (Lipinski definition) is 0. The molecule has 4 aromatic heterocycles. The average molecular weight is 732 g/mol. The maximum atomic E-state index is 6.03. The number of methoxy groups -OCH3 is 2. The van der Waals surface area contributed by atoms with Gasteiger partial charge < -0.3 is 18.9 Å². The highest BCUT2D eigenvalue weighted by Gasteiger charge is 2.15. The van der Waals surface area contributed by atoms with Crippen molar-refractivity contribution in [3.8, 4) is 68.5 Å². The number of halogens is 1. The zero-order chi connectivity index (χ0) is 34.6. The van der Waals surface area contributed by atoms with E-state index in [0.717, 1.165) is 43.8 Å². The Morgan fingerprint density at radius 2 is 1.04 bits per heavy atom. The fourth-order valence-corrected chi connectivity index (χ4v) is 5.25. The van der Waals surface area contributed by atoms with Crippen LogP contribution >= 0.6 is 15.9 Å². The number of nitrogens with zero attached hydrogens (tertiary/aromatic N) is 4. The van der Waals surface area contributed by atoms with E-state index in [1.54, 1.807) is 51.4 Å². The molecule has 0 bridgehead atoms. The third-order valence-electron chi connectivity index (χ3n) is 6.80. The van der Waals surface area contributed by atoms with Gasteiger partial charge >= 0.3 is 0 Å². The van der Waals surface area contributed by atoms with Crippen LogP contribution in [0, 0.1) is 11.5 Å². The van der Waals surface area contributed by atoms with Gasteiger partial charge in [0.05, 0.1) is 14.2 Å². The van der Waals surface area contributed by atoms with E-state index in [2.05, 4.69) is 67.0 Å². The standard InChI is InChI=1S/C22H22N2O2Si.C17H13BrN2O2/c1-25-21-11-14-23-16-20(21)19-6-5-13-24-22(19)26-18-9-7-17(8-10-18)12-15-27(2,3)4;1-21-16-8-10-19-11-15(16)14-3-2-9-20-17(14)22-13-6-4-12(18)5-7-13/h5-11,13-14,16H,1-4H3;2-11H,1H3. The second-order valence-electron chi connectivity index (χ2n) is 11.5. The molecule has 0 spiro atoms. The van der Waals surface area contributed by atoms with Crippen molar-refractivity contribution in [2.45, 2.75) is 19.6 Å². The summed E-state index contributed by atoms with van der Waals surface area (Å²) in [6.45, 7) is 6.69. The van der Waals surface area contributed by atoms with Crippen LogP contribution in [0.15, 0.2) is 127 Å². The minimum Gasteiger partial charge on any atom is -0.496 e. The Kier molecular flexibility index (Phi) is 11.8. The molecule has 0 aliphatic carbocycles. The number of pyridine rings is 4. The lowest BCUT2D eigenvalue weighted by Gasteiger charge is -2.12. The average Bonchev–Trinajstić information content (AvgIpc) is 3.13. The summed E-state index contributed by atoms with van der Waals surface area (Å²) in [4.78, 5) is 17.1. The first-order valence-corrected chi connectivity index (χ1v) is 19.6. The minimum atomic E-state index is -1.39. The van der Waals surface area contributed by atoms with Crippen molar-refractivity contribution < 1.29 is 18.9 Å². The molecule has 10 heteroatoms. The Balaban J connectivity index is 0.000000195. The summed E-state index contributed by atoms with van der Waals surface area (Å²) in [6.07, 6.45) is 10.3. The Bertz CT molecular complexity index is 2060. The molecule has 0 N–H and O–H groups in total. The van der Waals surface area contributed by atoms with Gasteiger partial charge in [0.1, 0.15) is 31.1 Å². The van der Waals surface area contributed by atoms with Crippen molar-refractivity contribution in [1.82, 2.24) is 19.9 Å². The van der Waals surface area contributed by atoms with E-state index >= 15 is 0 Å². The van der Waals surface area contributed by atoms with Gasteiger partial charge in [-0.25, -0.2) is 9.97 Å². The molecular weight excluding hydrogens is 696 g/mol. The van der Waals surface area contributed by atoms with Gasteiger partial charge in [-0.05, 0) is 84.9 Å². The molecule has 0 saturated carbocycles. The summed E-state index contributed by atoms with van der Waals surface area (Å²) in [6, 6.07) is 26.6. The SMILES string of the molecule is COc1ccncc1-c1cccnc1Oc1ccc(Br)cc1.COc1ccncc1-c1cccnc1Oc1ccc(C#C[Si](C)(C)C)cc1. The second-order valence-corrected chi connectivity index (χ2v) is 17.2. The molecule has 0 amide bonds. The maximum Gasteiger partial charge on any atom is 0.227 e. The molecule has 0 radical (unpaired) electrons. The van der Waals surface area contributed by atoms with Crippen LogP contribution in [0.1, 0.15) is 5.56 Å². The van der Waals surface area contributed by atoms with Crippen molar-refractivity contribution in [2.75, 3.05) is 14.2 Å². The van der Waals surface area contributed by atoms with Gasteiger partial charge in [0.25, 0.3) is 0 Å². The van der Waals surface area contributed by atoms with Gasteiger partial charge in [-0.1, -0.05) is 41.5 Å². The zero-order valence-electron chi connectivity index (χ0n) is 27.8. The molecule has 246 valence electrons. The van der Waals surface area contributed by atoms with E-state index in [1.165, 1.54) is 0 Å². The van der Waals surface area contributed by atoms with Crippen LogP contribution in [-0.2, 0) is 0 Å². The maximum absolute atomic E-state index is 6.03. The normalized spacial score (nSPS) is 10.5. The summed E-state index contributed by atoms with van der Waals surface area (Å²) in [7, 11) is 1.88. The Labute approximate surface area is 296 Å². The van der Waals surface area contributed by atoms with Crippen LogP contribution in [0.5, 0.6) is 34.8 Å². The van der Waals surface area contributed by atoms with Crippen LogP contribution in [0.4, 0.5) is 0 Å². The third-order valence-corrected chi connectivity index (χ3v) is 8.21. The number of hydrogen-bond acceptors (Lipinski definition) is 8. The molecule has 0 saturated heterocycles. The van der Waals surface area contributed by atoms with Crippen LogP contribution < -0.4 is 18.9 Å². The fraction of sp³-hybridized carbons (Fsp3) is 0.128. The van der Waals surface area contributed by atoms with Crippen molar-refractivity contribution >= 4 is 24.0 Å². The highest BCUT2D eigenvalue weighted by molar-refractivity contribution is 9.10. The van der Waals surface area contributed by atoms with Crippen molar-refractivity contribution in [3.05, 3.63) is 132 Å². The molecular formula is C39H35BrN4O4Si. The van der Waals surface area contributed by atoms with E-state index < -0.39 is 8.07 Å². The zero-order valence-corrected chi connectivity index (χ0v) is 30.4. The monoisotopic (exact) mass is 730 g/mol. The predicted octanol–water partition coefficient (Wildman–Crippen LogP) is 9.88. The molecule has 0 atom stereocenters. The summed E-state index contributed by atoms with van der Waals surface area (Å²) in [5, 5.41) is 0. The van der Waals surface area contributed by atoms with E-state index in [9.17, 15) is 0 Å². The lowest BCUT2D eigenvalue weighted by molar-refractivity contribution is 0.415. The topological polar surface area (TPSA) is 88.5 Å². The first-order valence-electron chi connectivity index (χ1n) is 15.4. The van der Waals surface area contributed by atoms with Crippen LogP contribution in [0.3, 0.4) is 0 Å². The second kappa shape index (κ2) is 16.5. The lowest BCUT2D eigenvalue weighted by atomic mass is 10.1. The molecule has 49 heavy (non-hydrogen) atoms. The molecule has 0 aliphatic heterocycles. The van der Waals surface area contributed by atoms with E-state index in [-0.39, 0.29) is 0 Å². The van der Waals surface area contributed by atoms with Gasteiger partial charge in [-0.2, -0.15) is 0 Å². The Morgan fingerprint density at radius 1 is 0.571 bits per heavy atom. The highest BCUT2D eigenvalue weighted by atomic mass is 79.9. The van der Waals surface area contributed by atoms with E-state index in [0.29, 0.717) is 23.3 Å². The molecule has 6 aromatic rings. The number of rotatable bonds is 8. The third kappa shape index (κ3) is 9.76. The molecule has 0 fully saturated rings. The van der Waals surface area contributed by atoms with Crippen molar-refractivity contribution in [2.24, 2.45) is 0 Å². The first kappa shape index (κ1) is 34.8. The Morgan fingerprint density at radius 3 is 1.49 bits per heavy atom. The first-order chi connectivity index (χ1) is 23.7. The van der Waals surface area contributed by atoms with Crippen LogP contribution in [-0.4, -0.2) is 42.2 Å². The van der Waals surface area contributed by atoms with E-state index in [1.807, 2.05) is 84.9 Å². The number of aromatic nitrogens is 4. The smallest absolute Gasteiger partial charge is 0.227 e. The van der Waals surface area contributed by atoms with E-state index in [4.69, 9.17) is 18.9 Å². The van der Waals surface area contributed by atoms with Gasteiger partial charge in [0, 0.05) is 69.5 Å². The van der Waals surface area contributed by atoms with Gasteiger partial charge in [0.2, 0.25) is 11.8 Å². The summed E-state index contributed by atoms with van der Waals surface area (Å²) < 4.78 is 23.8. The van der Waals surface area contributed by atoms with Gasteiger partial charge in [-0.3, -0.25) is 9.97 Å². The van der Waals surface area contributed by atoms with Crippen molar-refractivity contribution in [1.29, 1.82) is 0 Å². The predicted molar refractivity (Wildman–Crippen MR) is 199 cm³/mol. The molecule has 4 heterocycles. The van der Waals surface area contributed by atoms with Crippen LogP contribution in [0.2, 0.25) is 19.6 Å². The summed E-state index contributed by atoms with van der Waals surface area (Å²) in [5.41, 5.74) is 7.68. The minimum absolute atomic E-state index is 0.504. The molecule has 0 aliphatic rings.